The average Bonchev–Trinajstić information content (AvgIpc) is 3.31. The molecule has 2 atom stereocenters. The maximum absolute atomic E-state index is 5.85. The molecular weight excluding hydrogens is 258 g/mol. The molecule has 2 nitrogen and oxygen atoms in total. The first-order valence-corrected chi connectivity index (χ1v) is 7.91. The second kappa shape index (κ2) is 5.10. The van der Waals surface area contributed by atoms with Crippen LogP contribution in [0.3, 0.4) is 0 Å². The van der Waals surface area contributed by atoms with Crippen molar-refractivity contribution < 1.29 is 4.74 Å². The van der Waals surface area contributed by atoms with E-state index in [9.17, 15) is 0 Å². The van der Waals surface area contributed by atoms with E-state index in [0.29, 0.717) is 18.1 Å². The summed E-state index contributed by atoms with van der Waals surface area (Å²) < 4.78 is 5.85. The number of ether oxygens (including phenoxy) is 1. The first kappa shape index (κ1) is 12.8. The Balaban J connectivity index is 1.62. The van der Waals surface area contributed by atoms with Gasteiger partial charge in [0.05, 0.1) is 6.10 Å². The summed E-state index contributed by atoms with van der Waals surface area (Å²) in [4.78, 5) is 0. The molecule has 0 aromatic heterocycles. The van der Waals surface area contributed by atoms with E-state index in [-0.39, 0.29) is 0 Å². The van der Waals surface area contributed by atoms with Crippen molar-refractivity contribution in [1.82, 2.24) is 0 Å². The molecule has 21 heavy (non-hydrogen) atoms. The summed E-state index contributed by atoms with van der Waals surface area (Å²) in [7, 11) is 0. The molecule has 2 unspecified atom stereocenters. The van der Waals surface area contributed by atoms with Crippen LogP contribution in [-0.2, 0) is 0 Å². The van der Waals surface area contributed by atoms with Crippen LogP contribution in [-0.4, -0.2) is 12.1 Å². The van der Waals surface area contributed by atoms with Crippen molar-refractivity contribution in [3.8, 4) is 5.75 Å². The van der Waals surface area contributed by atoms with E-state index in [1.54, 1.807) is 0 Å². The number of benzene rings is 2. The molecule has 1 aliphatic carbocycles. The predicted octanol–water partition coefficient (Wildman–Crippen LogP) is 4.56. The Morgan fingerprint density at radius 1 is 1.00 bits per heavy atom. The molecule has 2 aliphatic rings. The molecule has 0 saturated heterocycles. The molecule has 4 rings (SSSR count). The molecule has 0 spiro atoms. The topological polar surface area (TPSA) is 21.3 Å². The van der Waals surface area contributed by atoms with Gasteiger partial charge in [0.15, 0.2) is 0 Å². The highest BCUT2D eigenvalue weighted by Gasteiger charge is 2.26. The number of nitrogens with one attached hydrogen (secondary N) is 1. The quantitative estimate of drug-likeness (QED) is 0.889. The fourth-order valence-electron chi connectivity index (χ4n) is 3.21. The van der Waals surface area contributed by atoms with Crippen molar-refractivity contribution >= 4 is 5.69 Å². The Morgan fingerprint density at radius 2 is 1.76 bits per heavy atom. The van der Waals surface area contributed by atoms with E-state index < -0.39 is 0 Å². The molecule has 1 saturated carbocycles. The van der Waals surface area contributed by atoms with Crippen LogP contribution in [0.5, 0.6) is 5.75 Å². The molecule has 2 heteroatoms. The van der Waals surface area contributed by atoms with Gasteiger partial charge in [-0.05, 0) is 55.5 Å². The summed E-state index contributed by atoms with van der Waals surface area (Å²) >= 11 is 0. The van der Waals surface area contributed by atoms with Crippen LogP contribution < -0.4 is 10.1 Å². The standard InChI is InChI=1S/C19H21NO/c1-13-12-18(17-4-2-3-5-19(17)20-13)14-6-8-15(9-7-14)21-16-10-11-16/h2-9,13,16,18,20H,10-12H2,1H3. The van der Waals surface area contributed by atoms with Crippen molar-refractivity contribution in [1.29, 1.82) is 0 Å². The largest absolute Gasteiger partial charge is 0.490 e. The first-order chi connectivity index (χ1) is 10.3. The SMILES string of the molecule is CC1CC(c2ccc(OC3CC3)cc2)c2ccccc2N1. The summed E-state index contributed by atoms with van der Waals surface area (Å²) in [6.45, 7) is 2.26. The number of fused-ring (bicyclic) bond motifs is 1. The Morgan fingerprint density at radius 3 is 2.52 bits per heavy atom. The number of hydrogen-bond acceptors (Lipinski definition) is 2. The lowest BCUT2D eigenvalue weighted by Crippen LogP contribution is -2.25. The van der Waals surface area contributed by atoms with E-state index in [1.807, 2.05) is 0 Å². The van der Waals surface area contributed by atoms with E-state index in [2.05, 4.69) is 60.8 Å². The third-order valence-corrected chi connectivity index (χ3v) is 4.44. The van der Waals surface area contributed by atoms with Gasteiger partial charge >= 0.3 is 0 Å². The molecule has 0 amide bonds. The summed E-state index contributed by atoms with van der Waals surface area (Å²) in [5.74, 6) is 1.49. The van der Waals surface area contributed by atoms with E-state index in [1.165, 1.54) is 29.7 Å². The minimum atomic E-state index is 0.468. The molecule has 0 bridgehead atoms. The highest BCUT2D eigenvalue weighted by Crippen LogP contribution is 2.39. The van der Waals surface area contributed by atoms with Crippen molar-refractivity contribution in [3.63, 3.8) is 0 Å². The Kier molecular flexibility index (Phi) is 3.10. The zero-order chi connectivity index (χ0) is 14.2. The summed E-state index contributed by atoms with van der Waals surface area (Å²) in [6, 6.07) is 17.9. The Bertz CT molecular complexity index is 630. The van der Waals surface area contributed by atoms with Gasteiger partial charge in [0.25, 0.3) is 0 Å². The van der Waals surface area contributed by atoms with Crippen molar-refractivity contribution in [2.45, 2.75) is 44.2 Å². The fraction of sp³-hybridized carbons (Fsp3) is 0.368. The van der Waals surface area contributed by atoms with Gasteiger partial charge in [0, 0.05) is 17.6 Å². The third-order valence-electron chi connectivity index (χ3n) is 4.44. The van der Waals surface area contributed by atoms with Gasteiger partial charge in [-0.25, -0.2) is 0 Å². The smallest absolute Gasteiger partial charge is 0.119 e. The van der Waals surface area contributed by atoms with E-state index >= 15 is 0 Å². The molecule has 108 valence electrons. The normalized spacial score (nSPS) is 24.0. The van der Waals surface area contributed by atoms with Gasteiger partial charge in [-0.3, -0.25) is 0 Å². The van der Waals surface area contributed by atoms with Crippen LogP contribution in [0.25, 0.3) is 0 Å². The van der Waals surface area contributed by atoms with Gasteiger partial charge < -0.3 is 10.1 Å². The van der Waals surface area contributed by atoms with Gasteiger partial charge in [-0.2, -0.15) is 0 Å². The third kappa shape index (κ3) is 2.63. The molecule has 1 heterocycles. The van der Waals surface area contributed by atoms with E-state index in [4.69, 9.17) is 4.74 Å². The van der Waals surface area contributed by atoms with Crippen molar-refractivity contribution in [2.24, 2.45) is 0 Å². The summed E-state index contributed by atoms with van der Waals surface area (Å²) in [5.41, 5.74) is 4.07. The molecule has 2 aromatic rings. The fourth-order valence-corrected chi connectivity index (χ4v) is 3.21. The lowest BCUT2D eigenvalue weighted by Gasteiger charge is -2.31. The Hall–Kier alpha value is -1.96. The van der Waals surface area contributed by atoms with Crippen LogP contribution in [0.2, 0.25) is 0 Å². The number of hydrogen-bond donors (Lipinski definition) is 1. The zero-order valence-corrected chi connectivity index (χ0v) is 12.4. The first-order valence-electron chi connectivity index (χ1n) is 7.91. The number of anilines is 1. The predicted molar refractivity (Wildman–Crippen MR) is 86.1 cm³/mol. The maximum atomic E-state index is 5.85. The number of rotatable bonds is 3. The zero-order valence-electron chi connectivity index (χ0n) is 12.4. The van der Waals surface area contributed by atoms with Crippen LogP contribution >= 0.6 is 0 Å². The molecule has 2 aromatic carbocycles. The maximum Gasteiger partial charge on any atom is 0.119 e. The average molecular weight is 279 g/mol. The van der Waals surface area contributed by atoms with Crippen LogP contribution in [0, 0.1) is 0 Å². The second-order valence-electron chi connectivity index (χ2n) is 6.31. The van der Waals surface area contributed by atoms with E-state index in [0.717, 1.165) is 12.2 Å². The highest BCUT2D eigenvalue weighted by atomic mass is 16.5. The van der Waals surface area contributed by atoms with Gasteiger partial charge in [-0.15, -0.1) is 0 Å². The Labute approximate surface area is 126 Å². The minimum Gasteiger partial charge on any atom is -0.490 e. The van der Waals surface area contributed by atoms with Crippen LogP contribution in [0.4, 0.5) is 5.69 Å². The molecule has 0 radical (unpaired) electrons. The van der Waals surface area contributed by atoms with Crippen molar-refractivity contribution in [3.05, 3.63) is 59.7 Å². The van der Waals surface area contributed by atoms with Crippen LogP contribution in [0.15, 0.2) is 48.5 Å². The molecular formula is C19H21NO. The summed E-state index contributed by atoms with van der Waals surface area (Å²) in [6.07, 6.45) is 4.03. The highest BCUT2D eigenvalue weighted by molar-refractivity contribution is 5.58. The number of para-hydroxylation sites is 1. The van der Waals surface area contributed by atoms with Crippen molar-refractivity contribution in [2.75, 3.05) is 5.32 Å². The minimum absolute atomic E-state index is 0.468. The summed E-state index contributed by atoms with van der Waals surface area (Å²) in [5, 5.41) is 3.58. The monoisotopic (exact) mass is 279 g/mol. The van der Waals surface area contributed by atoms with Gasteiger partial charge in [0.2, 0.25) is 0 Å². The molecule has 1 fully saturated rings. The second-order valence-corrected chi connectivity index (χ2v) is 6.31. The van der Waals surface area contributed by atoms with Gasteiger partial charge in [0.1, 0.15) is 5.75 Å². The van der Waals surface area contributed by atoms with Crippen LogP contribution in [0.1, 0.15) is 43.2 Å². The lowest BCUT2D eigenvalue weighted by molar-refractivity contribution is 0.303. The van der Waals surface area contributed by atoms with Gasteiger partial charge in [-0.1, -0.05) is 30.3 Å². The molecule has 1 N–H and O–H groups in total. The molecule has 1 aliphatic heterocycles. The lowest BCUT2D eigenvalue weighted by atomic mass is 9.82.